The van der Waals surface area contributed by atoms with Gasteiger partial charge in [-0.15, -0.1) is 0 Å². The van der Waals surface area contributed by atoms with Crippen molar-refractivity contribution < 1.29 is 19.1 Å². The highest BCUT2D eigenvalue weighted by Gasteiger charge is 2.41. The molecule has 3 aromatic carbocycles. The molecule has 0 saturated heterocycles. The number of rotatable bonds is 6. The van der Waals surface area contributed by atoms with E-state index >= 15 is 0 Å². The van der Waals surface area contributed by atoms with Crippen LogP contribution in [-0.2, 0) is 16.0 Å². The number of para-hydroxylation sites is 1. The molecule has 42 heavy (non-hydrogen) atoms. The van der Waals surface area contributed by atoms with Crippen molar-refractivity contribution >= 4 is 56.7 Å². The Labute approximate surface area is 243 Å². The van der Waals surface area contributed by atoms with Crippen LogP contribution in [0.4, 0.5) is 0 Å². The third kappa shape index (κ3) is 3.36. The zero-order valence-electron chi connectivity index (χ0n) is 23.9. The van der Waals surface area contributed by atoms with Gasteiger partial charge < -0.3 is 28.8 Å². The lowest BCUT2D eigenvalue weighted by Gasteiger charge is -2.39. The molecule has 3 atom stereocenters. The predicted octanol–water partition coefficient (Wildman–Crippen LogP) is 6.11. The molecule has 5 aromatic rings. The molecule has 2 aromatic heterocycles. The van der Waals surface area contributed by atoms with Gasteiger partial charge in [0.2, 0.25) is 0 Å². The molecule has 0 saturated carbocycles. The van der Waals surface area contributed by atoms with E-state index in [2.05, 4.69) is 39.7 Å². The fourth-order valence-corrected chi connectivity index (χ4v) is 7.20. The molecule has 1 N–H and O–H groups in total. The topological polar surface area (TPSA) is 77.7 Å². The molecule has 8 nitrogen and oxygen atoms in total. The van der Waals surface area contributed by atoms with Gasteiger partial charge in [0.25, 0.3) is 11.8 Å². The first-order valence-corrected chi connectivity index (χ1v) is 14.0. The van der Waals surface area contributed by atoms with Crippen molar-refractivity contribution in [1.29, 1.82) is 0 Å². The van der Waals surface area contributed by atoms with Crippen molar-refractivity contribution in [3.8, 4) is 0 Å². The van der Waals surface area contributed by atoms with Crippen LogP contribution in [0.5, 0.6) is 0 Å². The number of amides is 2. The van der Waals surface area contributed by atoms with Crippen molar-refractivity contribution in [2.24, 2.45) is 0 Å². The Kier molecular flexibility index (Phi) is 6.07. The number of methoxy groups -OCH3 is 2. The lowest BCUT2D eigenvalue weighted by atomic mass is 9.96. The van der Waals surface area contributed by atoms with Crippen LogP contribution < -0.4 is 5.32 Å². The summed E-state index contributed by atoms with van der Waals surface area (Å²) in [4.78, 5) is 29.1. The minimum atomic E-state index is -0.595. The van der Waals surface area contributed by atoms with Crippen LogP contribution in [0.2, 0.25) is 0 Å². The molecule has 212 valence electrons. The second-order valence-electron chi connectivity index (χ2n) is 10.8. The second kappa shape index (κ2) is 9.72. The molecule has 8 heteroatoms. The van der Waals surface area contributed by atoms with E-state index in [-0.39, 0.29) is 11.8 Å². The quantitative estimate of drug-likeness (QED) is 0.272. The summed E-state index contributed by atoms with van der Waals surface area (Å²) < 4.78 is 16.9. The summed E-state index contributed by atoms with van der Waals surface area (Å²) in [6, 6.07) is 16.9. The molecule has 0 fully saturated rings. The lowest BCUT2D eigenvalue weighted by molar-refractivity contribution is -0.0540. The Morgan fingerprint density at radius 2 is 1.69 bits per heavy atom. The van der Waals surface area contributed by atoms with Crippen molar-refractivity contribution in [3.05, 3.63) is 95.7 Å². The Balaban J connectivity index is 1.66. The Hall–Kier alpha value is -4.66. The van der Waals surface area contributed by atoms with Crippen molar-refractivity contribution in [1.82, 2.24) is 19.4 Å². The van der Waals surface area contributed by atoms with Crippen LogP contribution in [0.1, 0.15) is 56.4 Å². The van der Waals surface area contributed by atoms with E-state index in [0.717, 1.165) is 49.5 Å². The average molecular weight is 561 g/mol. The van der Waals surface area contributed by atoms with Crippen LogP contribution in [0.15, 0.2) is 67.8 Å². The smallest absolute Gasteiger partial charge is 0.254 e. The maximum Gasteiger partial charge on any atom is 0.254 e. The number of carbonyl (C=O) groups is 2. The second-order valence-corrected chi connectivity index (χ2v) is 10.8. The Bertz CT molecular complexity index is 1950. The van der Waals surface area contributed by atoms with E-state index in [1.807, 2.05) is 61.7 Å². The van der Waals surface area contributed by atoms with E-state index in [0.29, 0.717) is 24.1 Å². The highest BCUT2D eigenvalue weighted by Crippen LogP contribution is 2.49. The standard InChI is InChI=1S/C34H32N4O4/c1-6-20-23(7-2)38-30-27(20)22-18-35-32(39)29(22)28-21-15-11-12-16-24(21)37(31(28)30)26(41-4)17-25(34(38)42-5)36(3)33(40)19-13-9-8-10-14-19/h6-16,25-26,34H,1-2,17-18H2,3-5H3,(H,35,39). The molecular weight excluding hydrogens is 528 g/mol. The maximum atomic E-state index is 13.9. The Morgan fingerprint density at radius 3 is 2.38 bits per heavy atom. The predicted molar refractivity (Wildman–Crippen MR) is 165 cm³/mol. The summed E-state index contributed by atoms with van der Waals surface area (Å²) in [6.07, 6.45) is 3.01. The van der Waals surface area contributed by atoms with Gasteiger partial charge in [-0.1, -0.05) is 55.6 Å². The number of likely N-dealkylation sites (N-methyl/N-ethyl adjacent to an activating group) is 1. The highest BCUT2D eigenvalue weighted by atomic mass is 16.5. The zero-order chi connectivity index (χ0) is 29.3. The van der Waals surface area contributed by atoms with E-state index < -0.39 is 18.5 Å². The molecule has 2 amide bonds. The molecule has 4 heterocycles. The number of nitrogens with one attached hydrogen (secondary N) is 1. The van der Waals surface area contributed by atoms with Gasteiger partial charge in [0, 0.05) is 61.5 Å². The van der Waals surface area contributed by atoms with E-state index in [4.69, 9.17) is 9.47 Å². The molecule has 0 radical (unpaired) electrons. The fourth-order valence-electron chi connectivity index (χ4n) is 7.20. The first kappa shape index (κ1) is 26.3. The van der Waals surface area contributed by atoms with Gasteiger partial charge >= 0.3 is 0 Å². The summed E-state index contributed by atoms with van der Waals surface area (Å²) in [5, 5.41) is 5.86. The monoisotopic (exact) mass is 560 g/mol. The number of ether oxygens (including phenoxy) is 2. The van der Waals surface area contributed by atoms with Crippen molar-refractivity contribution in [2.45, 2.75) is 31.5 Å². The van der Waals surface area contributed by atoms with Gasteiger partial charge in [-0.25, -0.2) is 0 Å². The number of benzene rings is 3. The molecule has 2 aliphatic heterocycles. The number of aromatic nitrogens is 2. The molecular formula is C34H32N4O4. The molecule has 3 unspecified atom stereocenters. The lowest BCUT2D eigenvalue weighted by Crippen LogP contribution is -2.45. The van der Waals surface area contributed by atoms with E-state index in [1.54, 1.807) is 19.1 Å². The third-order valence-corrected chi connectivity index (χ3v) is 8.99. The van der Waals surface area contributed by atoms with E-state index in [9.17, 15) is 9.59 Å². The van der Waals surface area contributed by atoms with Crippen molar-refractivity contribution in [2.75, 3.05) is 21.3 Å². The van der Waals surface area contributed by atoms with Crippen LogP contribution in [-0.4, -0.2) is 53.2 Å². The number of hydrogen-bond donors (Lipinski definition) is 1. The minimum absolute atomic E-state index is 0.0943. The number of nitrogens with zero attached hydrogens (tertiary/aromatic N) is 3. The number of hydrogen-bond acceptors (Lipinski definition) is 4. The molecule has 2 aliphatic rings. The SMILES string of the molecule is C=Cc1c(C=C)n2c3c1c1c(c4c5ccccc5n(c43)C(OC)CC(N(C)C(=O)c3ccccc3)C2OC)C(=O)NC1. The minimum Gasteiger partial charge on any atom is -0.361 e. The van der Waals surface area contributed by atoms with E-state index in [1.165, 1.54) is 0 Å². The number of fused-ring (bicyclic) bond motifs is 6. The molecule has 0 aliphatic carbocycles. The summed E-state index contributed by atoms with van der Waals surface area (Å²) in [5.74, 6) is -0.208. The first-order chi connectivity index (χ1) is 20.5. The normalized spacial score (nSPS) is 19.6. The van der Waals surface area contributed by atoms with Gasteiger partial charge in [-0.05, 0) is 29.8 Å². The van der Waals surface area contributed by atoms with Gasteiger partial charge in [0.15, 0.2) is 6.23 Å². The largest absolute Gasteiger partial charge is 0.361 e. The molecule has 0 spiro atoms. The van der Waals surface area contributed by atoms with Crippen LogP contribution >= 0.6 is 0 Å². The summed E-state index contributed by atoms with van der Waals surface area (Å²) in [5.41, 5.74) is 6.64. The first-order valence-electron chi connectivity index (χ1n) is 14.0. The zero-order valence-corrected chi connectivity index (χ0v) is 23.9. The fraction of sp³-hybridized carbons (Fsp3) is 0.235. The Morgan fingerprint density at radius 1 is 0.976 bits per heavy atom. The van der Waals surface area contributed by atoms with Gasteiger partial charge in [-0.2, -0.15) is 0 Å². The van der Waals surface area contributed by atoms with Gasteiger partial charge in [0.05, 0.1) is 33.8 Å². The molecule has 0 bridgehead atoms. The average Bonchev–Trinajstić information content (AvgIpc) is 3.67. The van der Waals surface area contributed by atoms with Gasteiger partial charge in [-0.3, -0.25) is 9.59 Å². The van der Waals surface area contributed by atoms with Crippen LogP contribution in [0.25, 0.3) is 44.9 Å². The third-order valence-electron chi connectivity index (χ3n) is 8.99. The van der Waals surface area contributed by atoms with Gasteiger partial charge in [0.1, 0.15) is 6.23 Å². The molecule has 7 rings (SSSR count). The summed E-state index contributed by atoms with van der Waals surface area (Å²) in [6.45, 7) is 8.76. The maximum absolute atomic E-state index is 13.9. The number of carbonyl (C=O) groups excluding carboxylic acids is 2. The van der Waals surface area contributed by atoms with Crippen LogP contribution in [0, 0.1) is 0 Å². The summed E-state index contributed by atoms with van der Waals surface area (Å²) in [7, 11) is 5.17. The summed E-state index contributed by atoms with van der Waals surface area (Å²) >= 11 is 0. The van der Waals surface area contributed by atoms with Crippen LogP contribution in [0.3, 0.4) is 0 Å². The van der Waals surface area contributed by atoms with Crippen molar-refractivity contribution in [3.63, 3.8) is 0 Å². The highest BCUT2D eigenvalue weighted by molar-refractivity contribution is 6.28.